The Morgan fingerprint density at radius 2 is 2.04 bits per heavy atom. The van der Waals surface area contributed by atoms with Gasteiger partial charge in [-0.05, 0) is 50.8 Å². The van der Waals surface area contributed by atoms with Crippen molar-refractivity contribution in [2.24, 2.45) is 4.99 Å². The first kappa shape index (κ1) is 21.2. The molecule has 5 heteroatoms. The highest BCUT2D eigenvalue weighted by Crippen LogP contribution is 2.16. The van der Waals surface area contributed by atoms with Crippen molar-refractivity contribution in [3.8, 4) is 0 Å². The third-order valence-electron chi connectivity index (χ3n) is 4.79. The van der Waals surface area contributed by atoms with E-state index in [1.807, 2.05) is 7.05 Å². The van der Waals surface area contributed by atoms with Gasteiger partial charge in [0.25, 0.3) is 0 Å². The average Bonchev–Trinajstić information content (AvgIpc) is 2.57. The Bertz CT molecular complexity index is 504. The van der Waals surface area contributed by atoms with E-state index in [2.05, 4.69) is 58.6 Å². The van der Waals surface area contributed by atoms with E-state index in [0.29, 0.717) is 0 Å². The minimum atomic E-state index is 0. The Labute approximate surface area is 164 Å². The van der Waals surface area contributed by atoms with Crippen LogP contribution in [0.25, 0.3) is 0 Å². The Hall–Kier alpha value is -0.820. The van der Waals surface area contributed by atoms with Crippen LogP contribution < -0.4 is 10.6 Å². The maximum Gasteiger partial charge on any atom is 0.191 e. The van der Waals surface area contributed by atoms with Crippen LogP contribution in [0.2, 0.25) is 0 Å². The molecule has 0 spiro atoms. The third-order valence-corrected chi connectivity index (χ3v) is 4.79. The first-order valence-corrected chi connectivity index (χ1v) is 8.94. The van der Waals surface area contributed by atoms with Crippen molar-refractivity contribution in [1.29, 1.82) is 0 Å². The van der Waals surface area contributed by atoms with Crippen LogP contribution in [0.5, 0.6) is 0 Å². The number of hydrogen-bond acceptors (Lipinski definition) is 2. The van der Waals surface area contributed by atoms with Gasteiger partial charge in [-0.1, -0.05) is 30.7 Å². The average molecular weight is 444 g/mol. The molecule has 1 unspecified atom stereocenters. The molecular weight excluding hydrogens is 411 g/mol. The highest BCUT2D eigenvalue weighted by Gasteiger charge is 2.17. The van der Waals surface area contributed by atoms with E-state index in [1.54, 1.807) is 0 Å². The molecule has 24 heavy (non-hydrogen) atoms. The molecule has 0 radical (unpaired) electrons. The first-order valence-electron chi connectivity index (χ1n) is 8.94. The molecule has 0 amide bonds. The molecule has 1 aliphatic heterocycles. The maximum absolute atomic E-state index is 4.31. The molecule has 2 rings (SSSR count). The first-order chi connectivity index (χ1) is 11.2. The van der Waals surface area contributed by atoms with Crippen LogP contribution >= 0.6 is 24.0 Å². The van der Waals surface area contributed by atoms with E-state index >= 15 is 0 Å². The number of aliphatic imine (C=N–C) groups is 1. The van der Waals surface area contributed by atoms with Crippen LogP contribution in [-0.4, -0.2) is 43.6 Å². The summed E-state index contributed by atoms with van der Waals surface area (Å²) in [4.78, 5) is 6.93. The molecule has 1 aromatic carbocycles. The molecule has 2 N–H and O–H groups in total. The lowest BCUT2D eigenvalue weighted by Crippen LogP contribution is -2.41. The van der Waals surface area contributed by atoms with Gasteiger partial charge >= 0.3 is 0 Å². The summed E-state index contributed by atoms with van der Waals surface area (Å²) in [6.45, 7) is 8.73. The lowest BCUT2D eigenvalue weighted by atomic mass is 10.0. The largest absolute Gasteiger partial charge is 0.356 e. The summed E-state index contributed by atoms with van der Waals surface area (Å²) in [5.41, 5.74) is 2.63. The predicted octanol–water partition coefficient (Wildman–Crippen LogP) is 3.54. The monoisotopic (exact) mass is 444 g/mol. The predicted molar refractivity (Wildman–Crippen MR) is 114 cm³/mol. The maximum atomic E-state index is 4.31. The van der Waals surface area contributed by atoms with Gasteiger partial charge in [-0.3, -0.25) is 4.99 Å². The van der Waals surface area contributed by atoms with Crippen LogP contribution in [0, 0.1) is 6.92 Å². The van der Waals surface area contributed by atoms with Crippen molar-refractivity contribution >= 4 is 29.9 Å². The zero-order valence-corrected chi connectivity index (χ0v) is 17.7. The molecule has 1 heterocycles. The van der Waals surface area contributed by atoms with Crippen molar-refractivity contribution < 1.29 is 0 Å². The number of nitrogens with zero attached hydrogens (tertiary/aromatic N) is 2. The van der Waals surface area contributed by atoms with Crippen molar-refractivity contribution in [3.63, 3.8) is 0 Å². The van der Waals surface area contributed by atoms with Gasteiger partial charge < -0.3 is 15.5 Å². The van der Waals surface area contributed by atoms with Crippen molar-refractivity contribution in [1.82, 2.24) is 15.5 Å². The second kappa shape index (κ2) is 11.7. The van der Waals surface area contributed by atoms with E-state index in [0.717, 1.165) is 31.5 Å². The zero-order chi connectivity index (χ0) is 16.5. The highest BCUT2D eigenvalue weighted by atomic mass is 127. The fourth-order valence-corrected chi connectivity index (χ4v) is 3.19. The summed E-state index contributed by atoms with van der Waals surface area (Å²) < 4.78 is 0. The van der Waals surface area contributed by atoms with Gasteiger partial charge in [0, 0.05) is 32.7 Å². The molecule has 1 saturated heterocycles. The van der Waals surface area contributed by atoms with E-state index in [4.69, 9.17) is 0 Å². The number of benzene rings is 1. The number of guanidine groups is 1. The normalized spacial score (nSPS) is 18.8. The third kappa shape index (κ3) is 6.97. The molecule has 1 fully saturated rings. The highest BCUT2D eigenvalue weighted by molar-refractivity contribution is 14.0. The SMILES string of the molecule is CN=C(NCCCN1CCCCC1C)NCc1ccccc1C.I. The topological polar surface area (TPSA) is 39.7 Å². The summed E-state index contributed by atoms with van der Waals surface area (Å²) in [7, 11) is 1.83. The molecule has 4 nitrogen and oxygen atoms in total. The second-order valence-corrected chi connectivity index (χ2v) is 6.51. The molecule has 0 saturated carbocycles. The minimum absolute atomic E-state index is 0. The van der Waals surface area contributed by atoms with Gasteiger partial charge in [0.05, 0.1) is 0 Å². The van der Waals surface area contributed by atoms with E-state index in [9.17, 15) is 0 Å². The summed E-state index contributed by atoms with van der Waals surface area (Å²) in [5.74, 6) is 0.889. The van der Waals surface area contributed by atoms with Gasteiger partial charge in [-0.15, -0.1) is 24.0 Å². The molecule has 1 aliphatic rings. The van der Waals surface area contributed by atoms with E-state index in [1.165, 1.54) is 43.5 Å². The zero-order valence-electron chi connectivity index (χ0n) is 15.3. The Morgan fingerprint density at radius 1 is 1.25 bits per heavy atom. The van der Waals surface area contributed by atoms with E-state index < -0.39 is 0 Å². The van der Waals surface area contributed by atoms with Crippen molar-refractivity contribution in [2.75, 3.05) is 26.7 Å². The van der Waals surface area contributed by atoms with Crippen LogP contribution in [0.1, 0.15) is 43.7 Å². The number of rotatable bonds is 6. The number of aryl methyl sites for hydroxylation is 1. The lowest BCUT2D eigenvalue weighted by molar-refractivity contribution is 0.159. The molecule has 0 aromatic heterocycles. The summed E-state index contributed by atoms with van der Waals surface area (Å²) in [6.07, 6.45) is 5.27. The second-order valence-electron chi connectivity index (χ2n) is 6.51. The Kier molecular flexibility index (Phi) is 10.3. The lowest BCUT2D eigenvalue weighted by Gasteiger charge is -2.33. The van der Waals surface area contributed by atoms with Crippen LogP contribution in [0.4, 0.5) is 0 Å². The standard InChI is InChI=1S/C19H32N4.HI/c1-16-9-4-5-11-18(16)15-22-19(20-3)21-12-8-14-23-13-7-6-10-17(23)2;/h4-5,9,11,17H,6-8,10,12-15H2,1-3H3,(H2,20,21,22);1H. The van der Waals surface area contributed by atoms with Gasteiger partial charge in [0.1, 0.15) is 0 Å². The Balaban J connectivity index is 0.00000288. The summed E-state index contributed by atoms with van der Waals surface area (Å²) in [6, 6.07) is 9.22. The van der Waals surface area contributed by atoms with Gasteiger partial charge in [0.2, 0.25) is 0 Å². The minimum Gasteiger partial charge on any atom is -0.356 e. The van der Waals surface area contributed by atoms with Gasteiger partial charge in [0.15, 0.2) is 5.96 Å². The quantitative estimate of drug-likeness (QED) is 0.305. The fraction of sp³-hybridized carbons (Fsp3) is 0.632. The summed E-state index contributed by atoms with van der Waals surface area (Å²) >= 11 is 0. The fourth-order valence-electron chi connectivity index (χ4n) is 3.19. The van der Waals surface area contributed by atoms with E-state index in [-0.39, 0.29) is 24.0 Å². The molecular formula is C19H33IN4. The molecule has 0 bridgehead atoms. The Morgan fingerprint density at radius 3 is 2.75 bits per heavy atom. The number of likely N-dealkylation sites (tertiary alicyclic amines) is 1. The molecule has 1 aromatic rings. The smallest absolute Gasteiger partial charge is 0.191 e. The number of hydrogen-bond donors (Lipinski definition) is 2. The summed E-state index contributed by atoms with van der Waals surface area (Å²) in [5, 5.41) is 6.82. The van der Waals surface area contributed by atoms with Gasteiger partial charge in [-0.25, -0.2) is 0 Å². The number of halogens is 1. The molecule has 1 atom stereocenters. The number of piperidine rings is 1. The molecule has 0 aliphatic carbocycles. The molecule has 136 valence electrons. The van der Waals surface area contributed by atoms with Crippen LogP contribution in [0.3, 0.4) is 0 Å². The van der Waals surface area contributed by atoms with Crippen LogP contribution in [-0.2, 0) is 6.54 Å². The van der Waals surface area contributed by atoms with Crippen LogP contribution in [0.15, 0.2) is 29.3 Å². The van der Waals surface area contributed by atoms with Gasteiger partial charge in [-0.2, -0.15) is 0 Å². The van der Waals surface area contributed by atoms with Crippen molar-refractivity contribution in [3.05, 3.63) is 35.4 Å². The number of nitrogens with one attached hydrogen (secondary N) is 2. The van der Waals surface area contributed by atoms with Crippen molar-refractivity contribution in [2.45, 2.75) is 52.1 Å².